The SMILES string of the molecule is CCOC(=O)C(C)(O)C(OC(=O)c1ccccc1)C1COC(C)(C)O1. The summed E-state index contributed by atoms with van der Waals surface area (Å²) in [6, 6.07) is 8.29. The molecule has 1 saturated heterocycles. The molecule has 1 aliphatic rings. The van der Waals surface area contributed by atoms with Gasteiger partial charge < -0.3 is 24.1 Å². The number of carbonyl (C=O) groups is 2. The highest BCUT2D eigenvalue weighted by Crippen LogP contribution is 2.31. The predicted octanol–water partition coefficient (Wildman–Crippen LogP) is 1.68. The van der Waals surface area contributed by atoms with E-state index in [9.17, 15) is 14.7 Å². The topological polar surface area (TPSA) is 91.3 Å². The lowest BCUT2D eigenvalue weighted by atomic mass is 9.94. The Bertz CT molecular complexity index is 609. The number of carbonyl (C=O) groups excluding carboxylic acids is 2. The Labute approximate surface area is 146 Å². The molecule has 1 heterocycles. The van der Waals surface area contributed by atoms with Gasteiger partial charge >= 0.3 is 11.9 Å². The molecule has 0 aliphatic carbocycles. The van der Waals surface area contributed by atoms with Crippen molar-refractivity contribution in [3.63, 3.8) is 0 Å². The van der Waals surface area contributed by atoms with Crippen molar-refractivity contribution < 1.29 is 33.6 Å². The fourth-order valence-corrected chi connectivity index (χ4v) is 2.57. The van der Waals surface area contributed by atoms with Crippen LogP contribution in [0.25, 0.3) is 0 Å². The van der Waals surface area contributed by atoms with E-state index in [0.29, 0.717) is 5.56 Å². The molecule has 138 valence electrons. The highest BCUT2D eigenvalue weighted by Gasteiger charge is 2.52. The zero-order valence-corrected chi connectivity index (χ0v) is 14.9. The molecule has 0 aromatic heterocycles. The molecular formula is C18H24O7. The highest BCUT2D eigenvalue weighted by atomic mass is 16.8. The third-order valence-corrected chi connectivity index (χ3v) is 3.85. The summed E-state index contributed by atoms with van der Waals surface area (Å²) in [5, 5.41) is 10.7. The lowest BCUT2D eigenvalue weighted by Crippen LogP contribution is -2.56. The van der Waals surface area contributed by atoms with E-state index in [1.165, 1.54) is 6.92 Å². The highest BCUT2D eigenvalue weighted by molar-refractivity contribution is 5.90. The van der Waals surface area contributed by atoms with E-state index >= 15 is 0 Å². The minimum atomic E-state index is -2.09. The number of ether oxygens (including phenoxy) is 4. The molecule has 2 rings (SSSR count). The van der Waals surface area contributed by atoms with Gasteiger partial charge in [-0.25, -0.2) is 9.59 Å². The lowest BCUT2D eigenvalue weighted by molar-refractivity contribution is -0.195. The standard InChI is InChI=1S/C18H24O7/c1-5-22-16(20)18(4,21)14(13-11-23-17(2,3)25-13)24-15(19)12-9-7-6-8-10-12/h6-10,13-14,21H,5,11H2,1-4H3. The van der Waals surface area contributed by atoms with Crippen molar-refractivity contribution in [3.8, 4) is 0 Å². The molecule has 25 heavy (non-hydrogen) atoms. The van der Waals surface area contributed by atoms with E-state index in [1.54, 1.807) is 51.1 Å². The minimum absolute atomic E-state index is 0.0648. The molecular weight excluding hydrogens is 328 g/mol. The monoisotopic (exact) mass is 352 g/mol. The first-order valence-electron chi connectivity index (χ1n) is 8.15. The van der Waals surface area contributed by atoms with Crippen LogP contribution in [0.1, 0.15) is 38.1 Å². The number of hydrogen-bond donors (Lipinski definition) is 1. The maximum Gasteiger partial charge on any atom is 0.341 e. The van der Waals surface area contributed by atoms with Crippen molar-refractivity contribution in [1.82, 2.24) is 0 Å². The Morgan fingerprint density at radius 3 is 2.52 bits per heavy atom. The van der Waals surface area contributed by atoms with Crippen LogP contribution in [0.15, 0.2) is 30.3 Å². The van der Waals surface area contributed by atoms with Crippen LogP contribution in [0.5, 0.6) is 0 Å². The normalized spacial score (nSPS) is 22.7. The Kier molecular flexibility index (Phi) is 5.82. The smallest absolute Gasteiger partial charge is 0.341 e. The van der Waals surface area contributed by atoms with Crippen molar-refractivity contribution in [2.24, 2.45) is 0 Å². The first-order chi connectivity index (χ1) is 11.7. The molecule has 3 atom stereocenters. The van der Waals surface area contributed by atoms with Crippen LogP contribution in [0.4, 0.5) is 0 Å². The summed E-state index contributed by atoms with van der Waals surface area (Å²) < 4.78 is 21.5. The number of esters is 2. The van der Waals surface area contributed by atoms with E-state index in [2.05, 4.69) is 0 Å². The zero-order valence-electron chi connectivity index (χ0n) is 14.9. The summed E-state index contributed by atoms with van der Waals surface area (Å²) in [5.74, 6) is -2.48. The van der Waals surface area contributed by atoms with Crippen LogP contribution in [0.2, 0.25) is 0 Å². The van der Waals surface area contributed by atoms with Gasteiger partial charge in [0.25, 0.3) is 0 Å². The molecule has 0 bridgehead atoms. The summed E-state index contributed by atoms with van der Waals surface area (Å²) in [5.41, 5.74) is -1.79. The van der Waals surface area contributed by atoms with Crippen molar-refractivity contribution in [3.05, 3.63) is 35.9 Å². The molecule has 7 heteroatoms. The molecule has 0 amide bonds. The Balaban J connectivity index is 2.26. The second-order valence-corrected chi connectivity index (χ2v) is 6.43. The molecule has 7 nitrogen and oxygen atoms in total. The van der Waals surface area contributed by atoms with Gasteiger partial charge in [-0.05, 0) is 39.8 Å². The quantitative estimate of drug-likeness (QED) is 0.779. The molecule has 1 fully saturated rings. The molecule has 1 N–H and O–H groups in total. The minimum Gasteiger partial charge on any atom is -0.464 e. The number of hydrogen-bond acceptors (Lipinski definition) is 7. The first kappa shape index (κ1) is 19.4. The fraction of sp³-hybridized carbons (Fsp3) is 0.556. The van der Waals surface area contributed by atoms with Crippen LogP contribution in [0.3, 0.4) is 0 Å². The van der Waals surface area contributed by atoms with Crippen molar-refractivity contribution >= 4 is 11.9 Å². The van der Waals surface area contributed by atoms with E-state index in [1.807, 2.05) is 0 Å². The number of aliphatic hydroxyl groups is 1. The van der Waals surface area contributed by atoms with Gasteiger partial charge in [0.15, 0.2) is 17.5 Å². The molecule has 0 saturated carbocycles. The predicted molar refractivity (Wildman–Crippen MR) is 87.8 cm³/mol. The van der Waals surface area contributed by atoms with Gasteiger partial charge in [-0.1, -0.05) is 18.2 Å². The number of rotatable bonds is 6. The van der Waals surface area contributed by atoms with E-state index in [4.69, 9.17) is 18.9 Å². The molecule has 0 radical (unpaired) electrons. The largest absolute Gasteiger partial charge is 0.464 e. The summed E-state index contributed by atoms with van der Waals surface area (Å²) >= 11 is 0. The van der Waals surface area contributed by atoms with Crippen molar-refractivity contribution in [2.45, 2.75) is 51.3 Å². The Hall–Kier alpha value is -1.96. The van der Waals surface area contributed by atoms with Gasteiger partial charge in [0, 0.05) is 0 Å². The van der Waals surface area contributed by atoms with Crippen LogP contribution in [-0.4, -0.2) is 53.9 Å². The summed E-state index contributed by atoms with van der Waals surface area (Å²) in [6.07, 6.45) is -2.11. The summed E-state index contributed by atoms with van der Waals surface area (Å²) in [7, 11) is 0. The summed E-state index contributed by atoms with van der Waals surface area (Å²) in [6.45, 7) is 6.40. The molecule has 1 aliphatic heterocycles. The molecule has 3 unspecified atom stereocenters. The molecule has 0 spiro atoms. The lowest BCUT2D eigenvalue weighted by Gasteiger charge is -2.33. The van der Waals surface area contributed by atoms with Crippen molar-refractivity contribution in [1.29, 1.82) is 0 Å². The fourth-order valence-electron chi connectivity index (χ4n) is 2.57. The molecule has 1 aromatic carbocycles. The first-order valence-corrected chi connectivity index (χ1v) is 8.15. The van der Waals surface area contributed by atoms with Crippen LogP contribution in [-0.2, 0) is 23.7 Å². The Morgan fingerprint density at radius 2 is 2.00 bits per heavy atom. The van der Waals surface area contributed by atoms with Gasteiger partial charge in [0.1, 0.15) is 6.10 Å². The maximum atomic E-state index is 12.4. The van der Waals surface area contributed by atoms with Crippen LogP contribution < -0.4 is 0 Å². The zero-order chi connectivity index (χ0) is 18.7. The average molecular weight is 352 g/mol. The average Bonchev–Trinajstić information content (AvgIpc) is 2.92. The van der Waals surface area contributed by atoms with Crippen LogP contribution >= 0.6 is 0 Å². The van der Waals surface area contributed by atoms with Gasteiger partial charge in [-0.15, -0.1) is 0 Å². The summed E-state index contributed by atoms with van der Waals surface area (Å²) in [4.78, 5) is 24.6. The number of benzene rings is 1. The second kappa shape index (κ2) is 7.51. The van der Waals surface area contributed by atoms with Gasteiger partial charge in [-0.3, -0.25) is 0 Å². The second-order valence-electron chi connectivity index (χ2n) is 6.43. The third-order valence-electron chi connectivity index (χ3n) is 3.85. The van der Waals surface area contributed by atoms with Crippen molar-refractivity contribution in [2.75, 3.05) is 13.2 Å². The van der Waals surface area contributed by atoms with E-state index in [0.717, 1.165) is 0 Å². The van der Waals surface area contributed by atoms with Gasteiger partial charge in [0.2, 0.25) is 0 Å². The Morgan fingerprint density at radius 1 is 1.36 bits per heavy atom. The van der Waals surface area contributed by atoms with E-state index in [-0.39, 0.29) is 13.2 Å². The molecule has 1 aromatic rings. The van der Waals surface area contributed by atoms with Gasteiger partial charge in [-0.2, -0.15) is 0 Å². The third kappa shape index (κ3) is 4.56. The van der Waals surface area contributed by atoms with E-state index < -0.39 is 35.5 Å². The van der Waals surface area contributed by atoms with Gasteiger partial charge in [0.05, 0.1) is 18.8 Å². The maximum absolute atomic E-state index is 12.4. The van der Waals surface area contributed by atoms with Crippen LogP contribution in [0, 0.1) is 0 Å².